The molecule has 1 aliphatic rings. The molecule has 0 spiro atoms. The third-order valence-corrected chi connectivity index (χ3v) is 6.80. The van der Waals surface area contributed by atoms with E-state index in [4.69, 9.17) is 0 Å². The summed E-state index contributed by atoms with van der Waals surface area (Å²) in [4.78, 5) is 0. The maximum Gasteiger partial charge on any atom is -0.0144 e. The minimum absolute atomic E-state index is 0.498. The van der Waals surface area contributed by atoms with Crippen LogP contribution in [-0.2, 0) is 0 Å². The molecule has 4 unspecified atom stereocenters. The van der Waals surface area contributed by atoms with Gasteiger partial charge in [-0.25, -0.2) is 0 Å². The number of hydrogen-bond acceptors (Lipinski definition) is 0. The van der Waals surface area contributed by atoms with Crippen molar-refractivity contribution in [1.29, 1.82) is 0 Å². The molecule has 0 heteroatoms. The molecule has 22 heavy (non-hydrogen) atoms. The van der Waals surface area contributed by atoms with Gasteiger partial charge in [0.2, 0.25) is 0 Å². The van der Waals surface area contributed by atoms with Crippen LogP contribution in [-0.4, -0.2) is 0 Å². The first-order valence-corrected chi connectivity index (χ1v) is 10.1. The van der Waals surface area contributed by atoms with Gasteiger partial charge in [0.25, 0.3) is 0 Å². The summed E-state index contributed by atoms with van der Waals surface area (Å²) in [5, 5.41) is 0. The standard InChI is InChI=1S/C22H42/c1-8-13-14-18(20-17-22(20,7)12-5)16-19(10-3)21(6,11-4)15-9-2/h16,19-20H,8-15,17H2,1-7H3. The third-order valence-electron chi connectivity index (χ3n) is 6.80. The van der Waals surface area contributed by atoms with Crippen LogP contribution in [0.2, 0.25) is 0 Å². The van der Waals surface area contributed by atoms with Crippen molar-refractivity contribution < 1.29 is 0 Å². The lowest BCUT2D eigenvalue weighted by atomic mass is 9.69. The van der Waals surface area contributed by atoms with Crippen molar-refractivity contribution in [2.75, 3.05) is 0 Å². The molecule has 0 saturated heterocycles. The van der Waals surface area contributed by atoms with Gasteiger partial charge in [0.15, 0.2) is 0 Å². The molecule has 0 aromatic heterocycles. The summed E-state index contributed by atoms with van der Waals surface area (Å²) in [6, 6.07) is 0. The minimum Gasteiger partial charge on any atom is -0.0814 e. The van der Waals surface area contributed by atoms with Crippen LogP contribution in [0, 0.1) is 22.7 Å². The Hall–Kier alpha value is -0.260. The summed E-state index contributed by atoms with van der Waals surface area (Å²) in [5.74, 6) is 1.66. The van der Waals surface area contributed by atoms with E-state index in [1.165, 1.54) is 57.8 Å². The van der Waals surface area contributed by atoms with Crippen LogP contribution >= 0.6 is 0 Å². The summed E-state index contributed by atoms with van der Waals surface area (Å²) in [5.41, 5.74) is 2.93. The Morgan fingerprint density at radius 2 is 1.86 bits per heavy atom. The van der Waals surface area contributed by atoms with Gasteiger partial charge in [-0.1, -0.05) is 85.8 Å². The Labute approximate surface area is 141 Å². The highest BCUT2D eigenvalue weighted by atomic mass is 14.5. The van der Waals surface area contributed by atoms with Crippen molar-refractivity contribution in [2.24, 2.45) is 22.7 Å². The highest BCUT2D eigenvalue weighted by Crippen LogP contribution is 2.59. The van der Waals surface area contributed by atoms with Crippen LogP contribution in [0.5, 0.6) is 0 Å². The Balaban J connectivity index is 2.97. The van der Waals surface area contributed by atoms with Gasteiger partial charge in [0.1, 0.15) is 0 Å². The number of rotatable bonds is 11. The Bertz CT molecular complexity index is 353. The topological polar surface area (TPSA) is 0 Å². The van der Waals surface area contributed by atoms with Gasteiger partial charge in [-0.2, -0.15) is 0 Å². The molecule has 0 heterocycles. The molecule has 4 atom stereocenters. The second-order valence-electron chi connectivity index (χ2n) is 8.38. The largest absolute Gasteiger partial charge is 0.0814 e. The third kappa shape index (κ3) is 4.62. The lowest BCUT2D eigenvalue weighted by Crippen LogP contribution is -2.25. The first-order valence-electron chi connectivity index (χ1n) is 10.1. The van der Waals surface area contributed by atoms with Crippen molar-refractivity contribution in [3.8, 4) is 0 Å². The molecule has 1 fully saturated rings. The predicted octanol–water partition coefficient (Wildman–Crippen LogP) is 7.78. The minimum atomic E-state index is 0.498. The fourth-order valence-corrected chi connectivity index (χ4v) is 4.40. The van der Waals surface area contributed by atoms with Crippen LogP contribution in [0.4, 0.5) is 0 Å². The van der Waals surface area contributed by atoms with Crippen LogP contribution in [0.25, 0.3) is 0 Å². The van der Waals surface area contributed by atoms with E-state index in [0.717, 1.165) is 11.8 Å². The summed E-state index contributed by atoms with van der Waals surface area (Å²) >= 11 is 0. The molecule has 0 radical (unpaired) electrons. The van der Waals surface area contributed by atoms with Gasteiger partial charge < -0.3 is 0 Å². The van der Waals surface area contributed by atoms with Gasteiger partial charge in [0.05, 0.1) is 0 Å². The highest BCUT2D eigenvalue weighted by molar-refractivity contribution is 5.22. The van der Waals surface area contributed by atoms with E-state index in [-0.39, 0.29) is 0 Å². The van der Waals surface area contributed by atoms with Gasteiger partial charge in [-0.3, -0.25) is 0 Å². The zero-order chi connectivity index (χ0) is 16.8. The van der Waals surface area contributed by atoms with Crippen molar-refractivity contribution in [1.82, 2.24) is 0 Å². The van der Waals surface area contributed by atoms with Crippen molar-refractivity contribution in [2.45, 2.75) is 106 Å². The smallest absolute Gasteiger partial charge is 0.0144 e. The average molecular weight is 307 g/mol. The highest BCUT2D eigenvalue weighted by Gasteiger charge is 2.49. The van der Waals surface area contributed by atoms with E-state index in [2.05, 4.69) is 54.5 Å². The number of hydrogen-bond donors (Lipinski definition) is 0. The van der Waals surface area contributed by atoms with Crippen molar-refractivity contribution >= 4 is 0 Å². The first-order chi connectivity index (χ1) is 10.4. The molecular weight excluding hydrogens is 264 g/mol. The van der Waals surface area contributed by atoms with Gasteiger partial charge in [-0.05, 0) is 54.8 Å². The quantitative estimate of drug-likeness (QED) is 0.342. The Kier molecular flexibility index (Phi) is 7.69. The number of allylic oxidation sites excluding steroid dienone is 2. The molecule has 0 nitrogen and oxygen atoms in total. The van der Waals surface area contributed by atoms with E-state index < -0.39 is 0 Å². The van der Waals surface area contributed by atoms with Crippen LogP contribution in [0.15, 0.2) is 11.6 Å². The molecule has 130 valence electrons. The van der Waals surface area contributed by atoms with Gasteiger partial charge >= 0.3 is 0 Å². The van der Waals surface area contributed by atoms with E-state index in [1.807, 2.05) is 5.57 Å². The fraction of sp³-hybridized carbons (Fsp3) is 0.909. The lowest BCUT2D eigenvalue weighted by Gasteiger charge is -2.36. The fourth-order valence-electron chi connectivity index (χ4n) is 4.40. The van der Waals surface area contributed by atoms with Crippen LogP contribution in [0.1, 0.15) is 106 Å². The Morgan fingerprint density at radius 3 is 2.27 bits per heavy atom. The molecule has 1 saturated carbocycles. The van der Waals surface area contributed by atoms with E-state index >= 15 is 0 Å². The summed E-state index contributed by atoms with van der Waals surface area (Å²) in [6.07, 6.45) is 14.9. The first kappa shape index (κ1) is 19.8. The molecule has 0 bridgehead atoms. The van der Waals surface area contributed by atoms with Crippen LogP contribution in [0.3, 0.4) is 0 Å². The molecular formula is C22H42. The monoisotopic (exact) mass is 306 g/mol. The maximum atomic E-state index is 2.75. The second kappa shape index (κ2) is 8.55. The van der Waals surface area contributed by atoms with E-state index in [0.29, 0.717) is 10.8 Å². The second-order valence-corrected chi connectivity index (χ2v) is 8.38. The molecule has 1 aliphatic carbocycles. The molecule has 1 rings (SSSR count). The van der Waals surface area contributed by atoms with E-state index in [9.17, 15) is 0 Å². The molecule has 0 N–H and O–H groups in total. The van der Waals surface area contributed by atoms with Crippen molar-refractivity contribution in [3.63, 3.8) is 0 Å². The molecule has 0 amide bonds. The van der Waals surface area contributed by atoms with Gasteiger partial charge in [-0.15, -0.1) is 0 Å². The maximum absolute atomic E-state index is 2.75. The average Bonchev–Trinajstić information content (AvgIpc) is 3.20. The summed E-state index contributed by atoms with van der Waals surface area (Å²) in [7, 11) is 0. The van der Waals surface area contributed by atoms with Gasteiger partial charge in [0, 0.05) is 0 Å². The molecule has 0 aliphatic heterocycles. The normalized spacial score (nSPS) is 29.2. The van der Waals surface area contributed by atoms with Crippen LogP contribution < -0.4 is 0 Å². The zero-order valence-electron chi connectivity index (χ0n) is 16.6. The predicted molar refractivity (Wildman–Crippen MR) is 101 cm³/mol. The van der Waals surface area contributed by atoms with E-state index in [1.54, 1.807) is 0 Å². The summed E-state index contributed by atoms with van der Waals surface area (Å²) in [6.45, 7) is 16.9. The molecule has 0 aromatic rings. The van der Waals surface area contributed by atoms with Crippen molar-refractivity contribution in [3.05, 3.63) is 11.6 Å². The lowest BCUT2D eigenvalue weighted by molar-refractivity contribution is 0.190. The number of unbranched alkanes of at least 4 members (excludes halogenated alkanes) is 1. The summed E-state index contributed by atoms with van der Waals surface area (Å²) < 4.78 is 0. The Morgan fingerprint density at radius 1 is 1.18 bits per heavy atom. The zero-order valence-corrected chi connectivity index (χ0v) is 16.6. The molecule has 0 aromatic carbocycles. The SMILES string of the molecule is CCCCC(=CC(CC)C(C)(CC)CCC)C1CC1(C)CC.